The zero-order valence-corrected chi connectivity index (χ0v) is 33.2. The lowest BCUT2D eigenvalue weighted by Gasteiger charge is -2.13. The summed E-state index contributed by atoms with van der Waals surface area (Å²) in [6.45, 7) is 0. The van der Waals surface area contributed by atoms with Gasteiger partial charge in [0.2, 0.25) is 5.71 Å². The van der Waals surface area contributed by atoms with E-state index in [1.54, 1.807) is 0 Å². The molecule has 61 heavy (non-hydrogen) atoms. The Kier molecular flexibility index (Phi) is 9.18. The van der Waals surface area contributed by atoms with E-state index in [-0.39, 0.29) is 0 Å². The van der Waals surface area contributed by atoms with Crippen LogP contribution in [0, 0.1) is 0 Å². The highest BCUT2D eigenvalue weighted by Crippen LogP contribution is 2.39. The first-order chi connectivity index (χ1) is 30.2. The molecule has 0 aliphatic carbocycles. The topological polar surface area (TPSA) is 38.9 Å². The molecule has 0 unspecified atom stereocenters. The van der Waals surface area contributed by atoms with Crippen LogP contribution in [0.1, 0.15) is 0 Å². The van der Waals surface area contributed by atoms with Crippen LogP contribution in [0.4, 0.5) is 0 Å². The van der Waals surface area contributed by atoms with Crippen molar-refractivity contribution in [2.24, 2.45) is 0 Å². The molecule has 0 saturated heterocycles. The molecule has 0 aliphatic heterocycles. The lowest BCUT2D eigenvalue weighted by Crippen LogP contribution is -1.94. The Morgan fingerprint density at radius 1 is 0.262 bits per heavy atom. The van der Waals surface area contributed by atoms with Crippen LogP contribution >= 0.6 is 0 Å². The molecular formula is C58H38N2O. The minimum atomic E-state index is 0.575. The maximum atomic E-state index is 6.40. The molecule has 3 nitrogen and oxygen atoms in total. The highest BCUT2D eigenvalue weighted by Gasteiger charge is 2.19. The number of aromatic nitrogens is 2. The van der Waals surface area contributed by atoms with E-state index in [4.69, 9.17) is 14.4 Å². The van der Waals surface area contributed by atoms with Crippen molar-refractivity contribution in [3.63, 3.8) is 0 Å². The molecule has 11 aromatic rings. The Morgan fingerprint density at radius 3 is 1.18 bits per heavy atom. The van der Waals surface area contributed by atoms with E-state index in [1.165, 1.54) is 38.9 Å². The largest absolute Gasteiger partial charge is 0.438 e. The first-order valence-corrected chi connectivity index (χ1v) is 20.6. The molecular weight excluding hydrogens is 741 g/mol. The smallest absolute Gasteiger partial charge is 0.231 e. The van der Waals surface area contributed by atoms with Crippen LogP contribution in [0.3, 0.4) is 0 Å². The summed E-state index contributed by atoms with van der Waals surface area (Å²) in [5.74, 6) is 0.619. The molecule has 11 rings (SSSR count). The normalized spacial score (nSPS) is 11.3. The van der Waals surface area contributed by atoms with Gasteiger partial charge in [0.15, 0.2) is 5.82 Å². The van der Waals surface area contributed by atoms with Crippen molar-refractivity contribution >= 4 is 22.1 Å². The minimum absolute atomic E-state index is 0.575. The minimum Gasteiger partial charge on any atom is -0.438 e. The van der Waals surface area contributed by atoms with Gasteiger partial charge in [0.1, 0.15) is 5.58 Å². The third-order valence-electron chi connectivity index (χ3n) is 11.5. The second kappa shape index (κ2) is 15.6. The molecule has 0 bridgehead atoms. The Labute approximate surface area is 354 Å². The second-order valence-corrected chi connectivity index (χ2v) is 15.4. The summed E-state index contributed by atoms with van der Waals surface area (Å²) in [5, 5.41) is 1.92. The Morgan fingerprint density at radius 2 is 0.623 bits per heavy atom. The van der Waals surface area contributed by atoms with Crippen molar-refractivity contribution in [3.05, 3.63) is 231 Å². The molecule has 0 radical (unpaired) electrons. The molecule has 0 spiro atoms. The molecule has 2 aromatic heterocycles. The van der Waals surface area contributed by atoms with Gasteiger partial charge in [0.05, 0.1) is 11.1 Å². The van der Waals surface area contributed by atoms with Gasteiger partial charge in [-0.05, 0) is 109 Å². The summed E-state index contributed by atoms with van der Waals surface area (Å²) >= 11 is 0. The molecule has 2 heterocycles. The van der Waals surface area contributed by atoms with E-state index in [0.717, 1.165) is 61.0 Å². The summed E-state index contributed by atoms with van der Waals surface area (Å²) in [5.41, 5.74) is 18.1. The van der Waals surface area contributed by atoms with Gasteiger partial charge in [-0.15, -0.1) is 0 Å². The standard InChI is InChI=1S/C58H38N2O/c1-4-15-39(16-5-1)45-22-13-25-48(34-45)56-55-53-27-10-11-28-54(53)61-58(55)60-57(59-56)49-26-14-23-46(35-49)43-31-29-42(30-32-43)44-21-12-24-47(33-44)52-37-50(40-17-6-2-7-18-40)36-51(38-52)41-19-8-3-9-20-41/h1-38H. The molecule has 0 N–H and O–H groups in total. The summed E-state index contributed by atoms with van der Waals surface area (Å²) < 4.78 is 6.40. The fourth-order valence-corrected chi connectivity index (χ4v) is 8.40. The van der Waals surface area contributed by atoms with Gasteiger partial charge in [-0.1, -0.05) is 188 Å². The quantitative estimate of drug-likeness (QED) is 0.154. The zero-order valence-electron chi connectivity index (χ0n) is 33.2. The van der Waals surface area contributed by atoms with Crippen LogP contribution in [0.25, 0.3) is 111 Å². The monoisotopic (exact) mass is 778 g/mol. The predicted molar refractivity (Wildman–Crippen MR) is 253 cm³/mol. The molecule has 0 amide bonds. The lowest BCUT2D eigenvalue weighted by atomic mass is 9.92. The maximum Gasteiger partial charge on any atom is 0.231 e. The highest BCUT2D eigenvalue weighted by molar-refractivity contribution is 6.10. The first kappa shape index (κ1) is 36.0. The number of benzene rings is 9. The summed E-state index contributed by atoms with van der Waals surface area (Å²) in [4.78, 5) is 10.3. The number of fused-ring (bicyclic) bond motifs is 3. The number of nitrogens with zero attached hydrogens (tertiary/aromatic N) is 2. The SMILES string of the molecule is c1ccc(-c2cc(-c3ccccc3)cc(-c3cccc(-c4ccc(-c5cccc(-c6nc(-c7cccc(-c8ccccc8)c7)c7c(n6)oc6ccccc67)c5)cc4)c3)c2)cc1. The van der Waals surface area contributed by atoms with Crippen LogP contribution in [0.5, 0.6) is 0 Å². The second-order valence-electron chi connectivity index (χ2n) is 15.4. The Hall–Kier alpha value is -8.14. The lowest BCUT2D eigenvalue weighted by molar-refractivity contribution is 0.653. The summed E-state index contributed by atoms with van der Waals surface area (Å²) in [6.07, 6.45) is 0. The predicted octanol–water partition coefficient (Wildman–Crippen LogP) is 15.7. The van der Waals surface area contributed by atoms with Gasteiger partial charge in [0.25, 0.3) is 0 Å². The summed E-state index contributed by atoms with van der Waals surface area (Å²) in [7, 11) is 0. The van der Waals surface area contributed by atoms with E-state index >= 15 is 0 Å². The number of hydrogen-bond donors (Lipinski definition) is 0. The van der Waals surface area contributed by atoms with Gasteiger partial charge < -0.3 is 4.42 Å². The van der Waals surface area contributed by atoms with E-state index < -0.39 is 0 Å². The van der Waals surface area contributed by atoms with E-state index in [0.29, 0.717) is 11.5 Å². The van der Waals surface area contributed by atoms with Gasteiger partial charge in [-0.25, -0.2) is 4.98 Å². The third kappa shape index (κ3) is 7.09. The van der Waals surface area contributed by atoms with Crippen LogP contribution in [-0.4, -0.2) is 9.97 Å². The van der Waals surface area contributed by atoms with Crippen LogP contribution < -0.4 is 0 Å². The average Bonchev–Trinajstić information content (AvgIpc) is 3.73. The summed E-state index contributed by atoms with van der Waals surface area (Å²) in [6, 6.07) is 81.4. The first-order valence-electron chi connectivity index (χ1n) is 20.6. The highest BCUT2D eigenvalue weighted by atomic mass is 16.3. The van der Waals surface area contributed by atoms with E-state index in [1.807, 2.05) is 24.3 Å². The fourth-order valence-electron chi connectivity index (χ4n) is 8.40. The molecule has 0 aliphatic rings. The third-order valence-corrected chi connectivity index (χ3v) is 11.5. The molecule has 9 aromatic carbocycles. The zero-order chi connectivity index (χ0) is 40.5. The van der Waals surface area contributed by atoms with Crippen molar-refractivity contribution in [3.8, 4) is 89.4 Å². The Balaban J connectivity index is 0.935. The maximum absolute atomic E-state index is 6.40. The Bertz CT molecular complexity index is 3280. The molecule has 0 fully saturated rings. The molecule has 286 valence electrons. The number of hydrogen-bond acceptors (Lipinski definition) is 3. The van der Waals surface area contributed by atoms with Crippen molar-refractivity contribution in [2.75, 3.05) is 0 Å². The fraction of sp³-hybridized carbons (Fsp3) is 0. The average molecular weight is 779 g/mol. The van der Waals surface area contributed by atoms with Crippen molar-refractivity contribution in [1.29, 1.82) is 0 Å². The molecule has 0 saturated carbocycles. The van der Waals surface area contributed by atoms with E-state index in [9.17, 15) is 0 Å². The van der Waals surface area contributed by atoms with Gasteiger partial charge >= 0.3 is 0 Å². The number of furan rings is 1. The van der Waals surface area contributed by atoms with Crippen molar-refractivity contribution in [1.82, 2.24) is 9.97 Å². The molecule has 0 atom stereocenters. The van der Waals surface area contributed by atoms with Gasteiger partial charge in [0, 0.05) is 16.5 Å². The van der Waals surface area contributed by atoms with Gasteiger partial charge in [-0.3, -0.25) is 0 Å². The van der Waals surface area contributed by atoms with Gasteiger partial charge in [-0.2, -0.15) is 4.98 Å². The number of rotatable bonds is 8. The van der Waals surface area contributed by atoms with E-state index in [2.05, 4.69) is 206 Å². The van der Waals surface area contributed by atoms with Crippen LogP contribution in [-0.2, 0) is 0 Å². The van der Waals surface area contributed by atoms with Crippen molar-refractivity contribution < 1.29 is 4.42 Å². The van der Waals surface area contributed by atoms with Crippen molar-refractivity contribution in [2.45, 2.75) is 0 Å². The number of para-hydroxylation sites is 1. The van der Waals surface area contributed by atoms with Crippen LogP contribution in [0.15, 0.2) is 235 Å². The molecule has 3 heteroatoms. The van der Waals surface area contributed by atoms with Crippen LogP contribution in [0.2, 0.25) is 0 Å².